The highest BCUT2D eigenvalue weighted by Gasteiger charge is 2.32. The normalized spacial score (nSPS) is 32.9. The molecular formula is C28H51F. The first kappa shape index (κ1) is 23.6. The summed E-state index contributed by atoms with van der Waals surface area (Å²) in [6.07, 6.45) is 30.2. The molecule has 29 heavy (non-hydrogen) atoms. The van der Waals surface area contributed by atoms with Crippen molar-refractivity contribution in [3.63, 3.8) is 0 Å². The lowest BCUT2D eigenvalue weighted by molar-refractivity contribution is 0.130. The van der Waals surface area contributed by atoms with Crippen LogP contribution in [0.25, 0.3) is 0 Å². The first-order valence-electron chi connectivity index (χ1n) is 13.8. The summed E-state index contributed by atoms with van der Waals surface area (Å²) >= 11 is 0. The fourth-order valence-corrected chi connectivity index (χ4v) is 7.42. The minimum atomic E-state index is -0.109. The van der Waals surface area contributed by atoms with Crippen LogP contribution in [0.4, 0.5) is 4.39 Å². The molecule has 0 aliphatic heterocycles. The predicted octanol–water partition coefficient (Wildman–Crippen LogP) is 9.66. The van der Waals surface area contributed by atoms with E-state index in [-0.39, 0.29) is 6.67 Å². The van der Waals surface area contributed by atoms with Crippen LogP contribution in [-0.2, 0) is 0 Å². The van der Waals surface area contributed by atoms with E-state index in [1.54, 1.807) is 6.42 Å². The molecule has 3 saturated carbocycles. The van der Waals surface area contributed by atoms with E-state index in [2.05, 4.69) is 6.92 Å². The smallest absolute Gasteiger partial charge is 0.0894 e. The minimum absolute atomic E-state index is 0.109. The maximum Gasteiger partial charge on any atom is 0.0894 e. The van der Waals surface area contributed by atoms with Crippen LogP contribution < -0.4 is 0 Å². The molecule has 170 valence electrons. The lowest BCUT2D eigenvalue weighted by Crippen LogP contribution is -2.26. The van der Waals surface area contributed by atoms with Gasteiger partial charge in [-0.1, -0.05) is 96.8 Å². The number of hydrogen-bond acceptors (Lipinski definition) is 0. The SMILES string of the molecule is CCCC1(CCC2CCC(CCC3CCC(CCCF)CC3)CC2)CCCCC1. The lowest BCUT2D eigenvalue weighted by atomic mass is 9.66. The van der Waals surface area contributed by atoms with Gasteiger partial charge in [0.25, 0.3) is 0 Å². The molecule has 0 radical (unpaired) electrons. The Hall–Kier alpha value is -0.0700. The lowest BCUT2D eigenvalue weighted by Gasteiger charge is -2.39. The Morgan fingerprint density at radius 2 is 1.10 bits per heavy atom. The average molecular weight is 407 g/mol. The van der Waals surface area contributed by atoms with Crippen LogP contribution in [-0.4, -0.2) is 6.67 Å². The summed E-state index contributed by atoms with van der Waals surface area (Å²) in [5, 5.41) is 0. The second kappa shape index (κ2) is 12.7. The predicted molar refractivity (Wildman–Crippen MR) is 125 cm³/mol. The van der Waals surface area contributed by atoms with Crippen molar-refractivity contribution in [3.8, 4) is 0 Å². The van der Waals surface area contributed by atoms with Crippen molar-refractivity contribution in [3.05, 3.63) is 0 Å². The van der Waals surface area contributed by atoms with Crippen LogP contribution in [0.15, 0.2) is 0 Å². The molecule has 3 rings (SSSR count). The Labute approximate surface area is 182 Å². The standard InChI is InChI=1S/C28H51F/c1-2-19-28(20-4-3-5-21-28)22-18-27-16-14-26(15-17-27)13-12-25-10-8-24(9-11-25)7-6-23-29/h24-27H,2-23H2,1H3. The molecule has 3 aliphatic rings. The molecule has 0 aromatic rings. The van der Waals surface area contributed by atoms with Gasteiger partial charge >= 0.3 is 0 Å². The van der Waals surface area contributed by atoms with E-state index >= 15 is 0 Å². The van der Waals surface area contributed by atoms with Crippen LogP contribution in [0.2, 0.25) is 0 Å². The fourth-order valence-electron chi connectivity index (χ4n) is 7.42. The van der Waals surface area contributed by atoms with Crippen molar-refractivity contribution < 1.29 is 4.39 Å². The number of alkyl halides is 1. The van der Waals surface area contributed by atoms with Crippen LogP contribution in [0.1, 0.15) is 142 Å². The Morgan fingerprint density at radius 1 is 0.621 bits per heavy atom. The van der Waals surface area contributed by atoms with Crippen molar-refractivity contribution in [1.29, 1.82) is 0 Å². The van der Waals surface area contributed by atoms with E-state index in [0.29, 0.717) is 0 Å². The van der Waals surface area contributed by atoms with Gasteiger partial charge in [0.1, 0.15) is 0 Å². The van der Waals surface area contributed by atoms with Crippen molar-refractivity contribution >= 4 is 0 Å². The largest absolute Gasteiger partial charge is 0.251 e. The average Bonchev–Trinajstić information content (AvgIpc) is 2.77. The quantitative estimate of drug-likeness (QED) is 0.320. The zero-order chi connectivity index (χ0) is 20.4. The third kappa shape index (κ3) is 7.84. The molecule has 0 atom stereocenters. The summed E-state index contributed by atoms with van der Waals surface area (Å²) in [5.74, 6) is 3.93. The third-order valence-corrected chi connectivity index (χ3v) is 9.44. The molecule has 0 spiro atoms. The molecule has 3 fully saturated rings. The van der Waals surface area contributed by atoms with E-state index < -0.39 is 0 Å². The molecule has 0 unspecified atom stereocenters. The summed E-state index contributed by atoms with van der Waals surface area (Å²) in [6, 6.07) is 0. The van der Waals surface area contributed by atoms with Gasteiger partial charge in [0.15, 0.2) is 0 Å². The van der Waals surface area contributed by atoms with Gasteiger partial charge in [-0.05, 0) is 74.0 Å². The summed E-state index contributed by atoms with van der Waals surface area (Å²) in [6.45, 7) is 2.29. The molecule has 0 aromatic carbocycles. The van der Waals surface area contributed by atoms with Gasteiger partial charge in [-0.3, -0.25) is 4.39 Å². The van der Waals surface area contributed by atoms with Crippen molar-refractivity contribution in [2.45, 2.75) is 142 Å². The van der Waals surface area contributed by atoms with Crippen LogP contribution in [0.3, 0.4) is 0 Å². The molecule has 0 aromatic heterocycles. The molecule has 0 heterocycles. The summed E-state index contributed by atoms with van der Waals surface area (Å²) in [7, 11) is 0. The summed E-state index contributed by atoms with van der Waals surface area (Å²) in [4.78, 5) is 0. The van der Waals surface area contributed by atoms with Crippen molar-refractivity contribution in [2.75, 3.05) is 6.67 Å². The first-order chi connectivity index (χ1) is 14.2. The number of hydrogen-bond donors (Lipinski definition) is 0. The highest BCUT2D eigenvalue weighted by molar-refractivity contribution is 4.84. The Bertz CT molecular complexity index is 403. The molecule has 0 nitrogen and oxygen atoms in total. The molecule has 0 bridgehead atoms. The molecule has 0 N–H and O–H groups in total. The third-order valence-electron chi connectivity index (χ3n) is 9.44. The highest BCUT2D eigenvalue weighted by atomic mass is 19.1. The summed E-state index contributed by atoms with van der Waals surface area (Å²) in [5.41, 5.74) is 0.743. The second-order valence-corrected chi connectivity index (χ2v) is 11.5. The van der Waals surface area contributed by atoms with E-state index in [0.717, 1.165) is 41.9 Å². The van der Waals surface area contributed by atoms with Crippen molar-refractivity contribution in [1.82, 2.24) is 0 Å². The highest BCUT2D eigenvalue weighted by Crippen LogP contribution is 2.46. The van der Waals surface area contributed by atoms with E-state index in [4.69, 9.17) is 0 Å². The van der Waals surface area contributed by atoms with Gasteiger partial charge in [-0.2, -0.15) is 0 Å². The topological polar surface area (TPSA) is 0 Å². The Morgan fingerprint density at radius 3 is 1.59 bits per heavy atom. The van der Waals surface area contributed by atoms with Gasteiger partial charge in [-0.15, -0.1) is 0 Å². The van der Waals surface area contributed by atoms with Crippen LogP contribution in [0.5, 0.6) is 0 Å². The van der Waals surface area contributed by atoms with Crippen molar-refractivity contribution in [2.24, 2.45) is 29.1 Å². The monoisotopic (exact) mass is 406 g/mol. The Kier molecular flexibility index (Phi) is 10.3. The van der Waals surface area contributed by atoms with Gasteiger partial charge < -0.3 is 0 Å². The number of halogens is 1. The van der Waals surface area contributed by atoms with E-state index in [9.17, 15) is 4.39 Å². The van der Waals surface area contributed by atoms with Gasteiger partial charge in [0, 0.05) is 0 Å². The summed E-state index contributed by atoms with van der Waals surface area (Å²) < 4.78 is 12.4. The molecular weight excluding hydrogens is 355 g/mol. The maximum atomic E-state index is 12.4. The first-order valence-corrected chi connectivity index (χ1v) is 13.8. The van der Waals surface area contributed by atoms with E-state index in [1.807, 2.05) is 0 Å². The van der Waals surface area contributed by atoms with Gasteiger partial charge in [0.05, 0.1) is 6.67 Å². The van der Waals surface area contributed by atoms with Gasteiger partial charge in [0.2, 0.25) is 0 Å². The molecule has 3 aliphatic carbocycles. The van der Waals surface area contributed by atoms with Crippen LogP contribution in [0, 0.1) is 29.1 Å². The number of rotatable bonds is 11. The zero-order valence-electron chi connectivity index (χ0n) is 19.7. The van der Waals surface area contributed by atoms with E-state index in [1.165, 1.54) is 116 Å². The molecule has 0 amide bonds. The Balaban J connectivity index is 1.28. The molecule has 1 heteroatoms. The zero-order valence-corrected chi connectivity index (χ0v) is 19.7. The van der Waals surface area contributed by atoms with Gasteiger partial charge in [-0.25, -0.2) is 0 Å². The molecule has 0 saturated heterocycles. The van der Waals surface area contributed by atoms with Crippen LogP contribution >= 0.6 is 0 Å². The second-order valence-electron chi connectivity index (χ2n) is 11.5. The maximum absolute atomic E-state index is 12.4. The fraction of sp³-hybridized carbons (Fsp3) is 1.00. The minimum Gasteiger partial charge on any atom is -0.251 e.